The molecule has 0 radical (unpaired) electrons. The third kappa shape index (κ3) is 3.21. The summed E-state index contributed by atoms with van der Waals surface area (Å²) in [6.07, 6.45) is 0. The van der Waals surface area contributed by atoms with Gasteiger partial charge in [0.2, 0.25) is 0 Å². The van der Waals surface area contributed by atoms with E-state index in [1.165, 1.54) is 17.4 Å². The lowest BCUT2D eigenvalue weighted by atomic mass is 10.1. The molecular weight excluding hydrogens is 330 g/mol. The predicted octanol–water partition coefficient (Wildman–Crippen LogP) is 3.77. The molecule has 0 fully saturated rings. The van der Waals surface area contributed by atoms with Crippen molar-refractivity contribution in [3.05, 3.63) is 50.1 Å². The Hall–Kier alpha value is -1.66. The molecule has 4 nitrogen and oxygen atoms in total. The zero-order valence-electron chi connectivity index (χ0n) is 9.94. The van der Waals surface area contributed by atoms with E-state index in [-0.39, 0.29) is 11.5 Å². The third-order valence-corrected chi connectivity index (χ3v) is 3.99. The summed E-state index contributed by atoms with van der Waals surface area (Å²) in [5, 5.41) is 13.4. The number of benzene rings is 1. The number of aryl methyl sites for hydroxylation is 1. The van der Waals surface area contributed by atoms with E-state index in [9.17, 15) is 9.59 Å². The number of anilines is 1. The summed E-state index contributed by atoms with van der Waals surface area (Å²) in [5.74, 6) is -1.39. The number of hydrogen-bond donors (Lipinski definition) is 2. The molecule has 1 aromatic carbocycles. The maximum Gasteiger partial charge on any atom is 0.337 e. The van der Waals surface area contributed by atoms with Gasteiger partial charge in [0, 0.05) is 5.38 Å². The van der Waals surface area contributed by atoms with Gasteiger partial charge < -0.3 is 10.4 Å². The van der Waals surface area contributed by atoms with E-state index in [1.807, 2.05) is 0 Å². The van der Waals surface area contributed by atoms with Crippen molar-refractivity contribution < 1.29 is 14.7 Å². The molecule has 0 atom stereocenters. The van der Waals surface area contributed by atoms with Crippen molar-refractivity contribution in [3.8, 4) is 0 Å². The standard InChI is InChI=1S/C13H10BrNO3S/c1-7-2-3-10(9(4-7)13(17)18)15-12(16)8-5-11(14)19-6-8/h2-6H,1H3,(H,15,16)(H,17,18). The Morgan fingerprint density at radius 2 is 2.05 bits per heavy atom. The minimum atomic E-state index is -1.06. The van der Waals surface area contributed by atoms with Crippen LogP contribution in [-0.4, -0.2) is 17.0 Å². The van der Waals surface area contributed by atoms with Crippen LogP contribution in [0.15, 0.2) is 33.4 Å². The van der Waals surface area contributed by atoms with E-state index in [4.69, 9.17) is 5.11 Å². The molecule has 2 rings (SSSR count). The second kappa shape index (κ2) is 5.54. The third-order valence-electron chi connectivity index (χ3n) is 2.48. The quantitative estimate of drug-likeness (QED) is 0.894. The Labute approximate surface area is 122 Å². The molecule has 0 aliphatic carbocycles. The maximum absolute atomic E-state index is 12.0. The minimum Gasteiger partial charge on any atom is -0.478 e. The van der Waals surface area contributed by atoms with Crippen molar-refractivity contribution in [2.75, 3.05) is 5.32 Å². The number of thiophene rings is 1. The molecule has 0 saturated carbocycles. The zero-order chi connectivity index (χ0) is 14.0. The summed E-state index contributed by atoms with van der Waals surface area (Å²) >= 11 is 4.67. The normalized spacial score (nSPS) is 10.2. The number of carbonyl (C=O) groups excluding carboxylic acids is 1. The highest BCUT2D eigenvalue weighted by Crippen LogP contribution is 2.23. The van der Waals surface area contributed by atoms with Crippen LogP contribution in [-0.2, 0) is 0 Å². The smallest absolute Gasteiger partial charge is 0.337 e. The molecular formula is C13H10BrNO3S. The van der Waals surface area contributed by atoms with E-state index in [2.05, 4.69) is 21.2 Å². The SMILES string of the molecule is Cc1ccc(NC(=O)c2csc(Br)c2)c(C(=O)O)c1. The Morgan fingerprint density at radius 3 is 2.63 bits per heavy atom. The van der Waals surface area contributed by atoms with Crippen molar-refractivity contribution in [1.29, 1.82) is 0 Å². The first-order chi connectivity index (χ1) is 8.97. The second-order valence-electron chi connectivity index (χ2n) is 3.95. The van der Waals surface area contributed by atoms with Crippen LogP contribution < -0.4 is 5.32 Å². The highest BCUT2D eigenvalue weighted by molar-refractivity contribution is 9.11. The Balaban J connectivity index is 2.28. The molecule has 0 saturated heterocycles. The van der Waals surface area contributed by atoms with Crippen molar-refractivity contribution in [1.82, 2.24) is 0 Å². The molecule has 1 heterocycles. The van der Waals surface area contributed by atoms with Crippen LogP contribution in [0.2, 0.25) is 0 Å². The van der Waals surface area contributed by atoms with Gasteiger partial charge in [-0.2, -0.15) is 0 Å². The summed E-state index contributed by atoms with van der Waals surface area (Å²) in [5.41, 5.74) is 1.70. The summed E-state index contributed by atoms with van der Waals surface area (Å²) in [7, 11) is 0. The monoisotopic (exact) mass is 339 g/mol. The van der Waals surface area contributed by atoms with Crippen LogP contribution >= 0.6 is 27.3 Å². The minimum absolute atomic E-state index is 0.0858. The van der Waals surface area contributed by atoms with Gasteiger partial charge in [0.1, 0.15) is 0 Å². The summed E-state index contributed by atoms with van der Waals surface area (Å²) in [4.78, 5) is 23.1. The number of carbonyl (C=O) groups is 2. The molecule has 98 valence electrons. The highest BCUT2D eigenvalue weighted by atomic mass is 79.9. The summed E-state index contributed by atoms with van der Waals surface area (Å²) in [6.45, 7) is 1.80. The molecule has 0 bridgehead atoms. The molecule has 0 spiro atoms. The first-order valence-electron chi connectivity index (χ1n) is 5.36. The molecule has 0 aliphatic heterocycles. The average molecular weight is 340 g/mol. The lowest BCUT2D eigenvalue weighted by molar-refractivity contribution is 0.0698. The fraction of sp³-hybridized carbons (Fsp3) is 0.0769. The fourth-order valence-corrected chi connectivity index (χ4v) is 2.70. The molecule has 0 unspecified atom stereocenters. The second-order valence-corrected chi connectivity index (χ2v) is 6.24. The number of carboxylic acid groups (broad SMARTS) is 1. The topological polar surface area (TPSA) is 66.4 Å². The van der Waals surface area contributed by atoms with Crippen LogP contribution in [0.3, 0.4) is 0 Å². The first kappa shape index (κ1) is 13.8. The average Bonchev–Trinajstić information content (AvgIpc) is 2.78. The van der Waals surface area contributed by atoms with Gasteiger partial charge in [0.15, 0.2) is 0 Å². The Kier molecular flexibility index (Phi) is 4.01. The Morgan fingerprint density at radius 1 is 1.32 bits per heavy atom. The van der Waals surface area contributed by atoms with Gasteiger partial charge in [-0.1, -0.05) is 11.6 Å². The fourth-order valence-electron chi connectivity index (χ4n) is 1.57. The number of nitrogens with one attached hydrogen (secondary N) is 1. The van der Waals surface area contributed by atoms with E-state index in [1.54, 1.807) is 30.5 Å². The van der Waals surface area contributed by atoms with Gasteiger partial charge in [-0.05, 0) is 41.1 Å². The first-order valence-corrected chi connectivity index (χ1v) is 7.04. The molecule has 19 heavy (non-hydrogen) atoms. The molecule has 6 heteroatoms. The van der Waals surface area contributed by atoms with E-state index >= 15 is 0 Å². The van der Waals surface area contributed by atoms with Gasteiger partial charge in [-0.15, -0.1) is 11.3 Å². The van der Waals surface area contributed by atoms with Gasteiger partial charge in [-0.25, -0.2) is 4.79 Å². The largest absolute Gasteiger partial charge is 0.478 e. The number of aromatic carboxylic acids is 1. The van der Waals surface area contributed by atoms with Gasteiger partial charge in [-0.3, -0.25) is 4.79 Å². The van der Waals surface area contributed by atoms with Crippen LogP contribution in [0.1, 0.15) is 26.3 Å². The molecule has 2 N–H and O–H groups in total. The summed E-state index contributed by atoms with van der Waals surface area (Å²) in [6, 6.07) is 6.57. The van der Waals surface area contributed by atoms with Crippen LogP contribution in [0.25, 0.3) is 0 Å². The lowest BCUT2D eigenvalue weighted by Gasteiger charge is -2.08. The van der Waals surface area contributed by atoms with Crippen LogP contribution in [0.5, 0.6) is 0 Å². The zero-order valence-corrected chi connectivity index (χ0v) is 12.3. The number of rotatable bonds is 3. The van der Waals surface area contributed by atoms with Crippen LogP contribution in [0, 0.1) is 6.92 Å². The number of carboxylic acids is 1. The molecule has 0 aliphatic rings. The maximum atomic E-state index is 12.0. The molecule has 1 aromatic heterocycles. The van der Waals surface area contributed by atoms with E-state index in [0.717, 1.165) is 9.35 Å². The summed E-state index contributed by atoms with van der Waals surface area (Å²) < 4.78 is 0.847. The predicted molar refractivity (Wildman–Crippen MR) is 78.1 cm³/mol. The van der Waals surface area contributed by atoms with Crippen molar-refractivity contribution >= 4 is 44.8 Å². The number of amides is 1. The van der Waals surface area contributed by atoms with Crippen LogP contribution in [0.4, 0.5) is 5.69 Å². The highest BCUT2D eigenvalue weighted by Gasteiger charge is 2.14. The van der Waals surface area contributed by atoms with E-state index in [0.29, 0.717) is 11.3 Å². The van der Waals surface area contributed by atoms with Crippen molar-refractivity contribution in [2.45, 2.75) is 6.92 Å². The molecule has 2 aromatic rings. The number of hydrogen-bond acceptors (Lipinski definition) is 3. The lowest BCUT2D eigenvalue weighted by Crippen LogP contribution is -2.14. The Bertz CT molecular complexity index is 651. The van der Waals surface area contributed by atoms with Gasteiger partial charge in [0.05, 0.1) is 20.6 Å². The van der Waals surface area contributed by atoms with E-state index < -0.39 is 5.97 Å². The number of halogens is 1. The molecule has 1 amide bonds. The van der Waals surface area contributed by atoms with Gasteiger partial charge in [0.25, 0.3) is 5.91 Å². The van der Waals surface area contributed by atoms with Crippen molar-refractivity contribution in [3.63, 3.8) is 0 Å². The van der Waals surface area contributed by atoms with Gasteiger partial charge >= 0.3 is 5.97 Å². The van der Waals surface area contributed by atoms with Crippen molar-refractivity contribution in [2.24, 2.45) is 0 Å².